The number of ether oxygens (including phenoxy) is 3. The van der Waals surface area contributed by atoms with Crippen molar-refractivity contribution in [2.24, 2.45) is 17.3 Å². The van der Waals surface area contributed by atoms with Gasteiger partial charge in [0.1, 0.15) is 5.82 Å². The lowest BCUT2D eigenvalue weighted by Gasteiger charge is -2.61. The lowest BCUT2D eigenvalue weighted by Crippen LogP contribution is -2.58. The molecule has 10 rings (SSSR count). The van der Waals surface area contributed by atoms with Crippen LogP contribution in [-0.4, -0.2) is 81.9 Å². The van der Waals surface area contributed by atoms with Crippen molar-refractivity contribution in [3.05, 3.63) is 88.9 Å². The van der Waals surface area contributed by atoms with Crippen LogP contribution < -0.4 is 10.2 Å². The number of benzene rings is 2. The standard InChI is InChI=1S/C46H54N6O6S/c1-3-4-16-56-17-18-57-19-20-58-46-24-31-21-32(25-46)23-45(22-31,28-46)29-52-30(2)36(26-47-52)34-12-13-40(49-41(34)43(54)55)51-15-14-33-8-7-9-35(37(33)27-51)42(53)50-44-48-38-10-5-6-11-39(38)59-44/h5-13,26,31-32H,3-4,14-25,27-29H2,1-2H3,(H,54,55)(H,48,50,53). The molecule has 4 aliphatic carbocycles. The summed E-state index contributed by atoms with van der Waals surface area (Å²) in [5, 5.41) is 19.0. The number of carbonyl (C=O) groups is 2. The molecular weight excluding hydrogens is 765 g/mol. The number of nitrogens with one attached hydrogen (secondary N) is 1. The molecule has 310 valence electrons. The Kier molecular flexibility index (Phi) is 11.3. The third-order valence-electron chi connectivity index (χ3n) is 13.1. The Bertz CT molecular complexity index is 2290. The van der Waals surface area contributed by atoms with Crippen molar-refractivity contribution in [3.63, 3.8) is 0 Å². The number of pyridine rings is 1. The summed E-state index contributed by atoms with van der Waals surface area (Å²) in [4.78, 5) is 37.9. The fraction of sp³-hybridized carbons (Fsp3) is 0.500. The summed E-state index contributed by atoms with van der Waals surface area (Å²) in [5.74, 6) is 0.565. The van der Waals surface area contributed by atoms with E-state index in [0.717, 1.165) is 77.9 Å². The van der Waals surface area contributed by atoms with Gasteiger partial charge in [0.2, 0.25) is 0 Å². The lowest BCUT2D eigenvalue weighted by atomic mass is 9.48. The first-order valence-corrected chi connectivity index (χ1v) is 22.1. The third kappa shape index (κ3) is 8.27. The molecule has 3 aromatic heterocycles. The van der Waals surface area contributed by atoms with Gasteiger partial charge in [-0.05, 0) is 117 Å². The van der Waals surface area contributed by atoms with E-state index in [1.54, 1.807) is 0 Å². The molecule has 0 radical (unpaired) electrons. The second kappa shape index (κ2) is 16.8. The van der Waals surface area contributed by atoms with Gasteiger partial charge in [-0.2, -0.15) is 5.10 Å². The maximum Gasteiger partial charge on any atom is 0.355 e. The van der Waals surface area contributed by atoms with Gasteiger partial charge in [-0.25, -0.2) is 14.8 Å². The molecular formula is C46H54N6O6S. The molecule has 4 bridgehead atoms. The molecule has 5 aliphatic rings. The highest BCUT2D eigenvalue weighted by Gasteiger charge is 2.58. The van der Waals surface area contributed by atoms with E-state index in [1.807, 2.05) is 61.7 Å². The predicted molar refractivity (Wildman–Crippen MR) is 228 cm³/mol. The summed E-state index contributed by atoms with van der Waals surface area (Å²) in [6.45, 7) is 9.26. The van der Waals surface area contributed by atoms with Gasteiger partial charge in [-0.15, -0.1) is 0 Å². The van der Waals surface area contributed by atoms with Crippen molar-refractivity contribution in [2.75, 3.05) is 49.8 Å². The number of hydrogen-bond acceptors (Lipinski definition) is 10. The molecule has 0 saturated heterocycles. The number of unbranched alkanes of at least 4 members (excludes halogenated alkanes) is 1. The summed E-state index contributed by atoms with van der Waals surface area (Å²) in [5.41, 5.74) is 5.69. The monoisotopic (exact) mass is 818 g/mol. The van der Waals surface area contributed by atoms with Crippen LogP contribution in [0, 0.1) is 24.2 Å². The van der Waals surface area contributed by atoms with E-state index in [2.05, 4.69) is 32.9 Å². The van der Waals surface area contributed by atoms with Gasteiger partial charge in [-0.1, -0.05) is 48.9 Å². The van der Waals surface area contributed by atoms with E-state index < -0.39 is 5.97 Å². The van der Waals surface area contributed by atoms with Crippen molar-refractivity contribution < 1.29 is 28.9 Å². The number of fused-ring (bicyclic) bond motifs is 2. The second-order valence-electron chi connectivity index (χ2n) is 17.3. The predicted octanol–water partition coefficient (Wildman–Crippen LogP) is 8.57. The van der Waals surface area contributed by atoms with Crippen molar-refractivity contribution in [3.8, 4) is 11.1 Å². The highest BCUT2D eigenvalue weighted by Crippen LogP contribution is 2.63. The smallest absolute Gasteiger partial charge is 0.355 e. The Labute approximate surface area is 349 Å². The van der Waals surface area contributed by atoms with E-state index >= 15 is 0 Å². The highest BCUT2D eigenvalue weighted by molar-refractivity contribution is 7.22. The van der Waals surface area contributed by atoms with Crippen LogP contribution in [0.3, 0.4) is 0 Å². The van der Waals surface area contributed by atoms with Crippen LogP contribution in [0.15, 0.2) is 60.8 Å². The molecule has 2 N–H and O–H groups in total. The summed E-state index contributed by atoms with van der Waals surface area (Å²) < 4.78 is 21.3. The van der Waals surface area contributed by atoms with Crippen LogP contribution in [0.25, 0.3) is 21.3 Å². The summed E-state index contributed by atoms with van der Waals surface area (Å²) in [7, 11) is 0. The average molecular weight is 819 g/mol. The highest BCUT2D eigenvalue weighted by atomic mass is 32.1. The van der Waals surface area contributed by atoms with Gasteiger partial charge in [0.25, 0.3) is 5.91 Å². The normalized spacial score (nSPS) is 23.2. The van der Waals surface area contributed by atoms with E-state index in [9.17, 15) is 14.7 Å². The molecule has 0 spiro atoms. The first-order chi connectivity index (χ1) is 28.7. The number of carboxylic acid groups (broad SMARTS) is 1. The number of para-hydroxylation sites is 1. The first kappa shape index (κ1) is 39.8. The minimum absolute atomic E-state index is 0.00490. The van der Waals surface area contributed by atoms with E-state index in [0.29, 0.717) is 79.8 Å². The number of thiazole rings is 1. The number of hydrogen-bond donors (Lipinski definition) is 2. The third-order valence-corrected chi connectivity index (χ3v) is 14.0. The Morgan fingerprint density at radius 1 is 0.932 bits per heavy atom. The lowest BCUT2D eigenvalue weighted by molar-refractivity contribution is -0.201. The van der Waals surface area contributed by atoms with Crippen molar-refractivity contribution in [2.45, 2.75) is 90.3 Å². The summed E-state index contributed by atoms with van der Waals surface area (Å²) in [6.07, 6.45) is 11.6. The molecule has 5 aromatic rings. The molecule has 1 amide bonds. The molecule has 2 aromatic carbocycles. The SMILES string of the molecule is CCCCOCCOCCOC12CC3CC(CC(Cn4ncc(-c5ccc(N6CCc7cccc(C(=O)Nc8nc9ccccc9s8)c7C6)nc5C(=O)O)c4C)(C3)C1)C2. The maximum atomic E-state index is 13.6. The summed E-state index contributed by atoms with van der Waals surface area (Å²) >= 11 is 1.44. The largest absolute Gasteiger partial charge is 0.476 e. The van der Waals surface area contributed by atoms with Gasteiger partial charge < -0.3 is 24.2 Å². The fourth-order valence-electron chi connectivity index (χ4n) is 10.9. The van der Waals surface area contributed by atoms with E-state index in [1.165, 1.54) is 30.6 Å². The molecule has 2 unspecified atom stereocenters. The van der Waals surface area contributed by atoms with Gasteiger partial charge in [0.05, 0.1) is 48.4 Å². The number of aromatic nitrogens is 4. The molecule has 4 fully saturated rings. The fourth-order valence-corrected chi connectivity index (χ4v) is 11.7. The van der Waals surface area contributed by atoms with Crippen LogP contribution >= 0.6 is 11.3 Å². The average Bonchev–Trinajstić information content (AvgIpc) is 3.80. The van der Waals surface area contributed by atoms with Gasteiger partial charge in [0.15, 0.2) is 10.8 Å². The number of carboxylic acids is 1. The van der Waals surface area contributed by atoms with Crippen LogP contribution in [0.2, 0.25) is 0 Å². The number of anilines is 2. The van der Waals surface area contributed by atoms with Gasteiger partial charge in [-0.3, -0.25) is 14.8 Å². The minimum atomic E-state index is -1.09. The molecule has 13 heteroatoms. The van der Waals surface area contributed by atoms with Crippen LogP contribution in [-0.2, 0) is 33.7 Å². The Morgan fingerprint density at radius 3 is 2.53 bits per heavy atom. The minimum Gasteiger partial charge on any atom is -0.476 e. The Morgan fingerprint density at radius 2 is 1.73 bits per heavy atom. The van der Waals surface area contributed by atoms with Crippen LogP contribution in [0.1, 0.15) is 96.0 Å². The van der Waals surface area contributed by atoms with Gasteiger partial charge in [0, 0.05) is 48.6 Å². The zero-order chi connectivity index (χ0) is 40.6. The number of rotatable bonds is 17. The van der Waals surface area contributed by atoms with E-state index in [-0.39, 0.29) is 22.6 Å². The molecule has 4 heterocycles. The molecule has 2 atom stereocenters. The quantitative estimate of drug-likeness (QED) is 0.0877. The number of carbonyl (C=O) groups excluding carboxylic acids is 1. The summed E-state index contributed by atoms with van der Waals surface area (Å²) in [6, 6.07) is 17.4. The maximum absolute atomic E-state index is 13.6. The number of nitrogens with zero attached hydrogens (tertiary/aromatic N) is 5. The molecule has 59 heavy (non-hydrogen) atoms. The molecule has 1 aliphatic heterocycles. The second-order valence-corrected chi connectivity index (χ2v) is 18.3. The molecule has 4 saturated carbocycles. The zero-order valence-corrected chi connectivity index (χ0v) is 34.9. The topological polar surface area (TPSA) is 141 Å². The number of aromatic carboxylic acids is 1. The van der Waals surface area contributed by atoms with Crippen LogP contribution in [0.4, 0.5) is 10.9 Å². The first-order valence-electron chi connectivity index (χ1n) is 21.3. The molecule has 12 nitrogen and oxygen atoms in total. The number of amides is 1. The zero-order valence-electron chi connectivity index (χ0n) is 34.1. The van der Waals surface area contributed by atoms with Crippen molar-refractivity contribution in [1.29, 1.82) is 0 Å². The van der Waals surface area contributed by atoms with Gasteiger partial charge >= 0.3 is 5.97 Å². The van der Waals surface area contributed by atoms with Crippen molar-refractivity contribution in [1.82, 2.24) is 19.7 Å². The Hall–Kier alpha value is -4.69. The van der Waals surface area contributed by atoms with E-state index in [4.69, 9.17) is 24.3 Å². The van der Waals surface area contributed by atoms with Crippen molar-refractivity contribution >= 4 is 44.4 Å². The van der Waals surface area contributed by atoms with Crippen LogP contribution in [0.5, 0.6) is 0 Å². The Balaban J connectivity index is 0.882.